The Balaban J connectivity index is 2.38. The lowest BCUT2D eigenvalue weighted by molar-refractivity contribution is 0.179. The summed E-state index contributed by atoms with van der Waals surface area (Å²) in [6.07, 6.45) is 0.511. The van der Waals surface area contributed by atoms with Crippen molar-refractivity contribution >= 4 is 15.8 Å². The minimum absolute atomic E-state index is 0.106. The molecule has 1 aromatic rings. The Morgan fingerprint density at radius 2 is 2.00 bits per heavy atom. The number of benzene rings is 1. The van der Waals surface area contributed by atoms with Gasteiger partial charge in [-0.05, 0) is 25.5 Å². The first-order chi connectivity index (χ1) is 10.5. The van der Waals surface area contributed by atoms with Gasteiger partial charge in [-0.15, -0.1) is 0 Å². The molecule has 1 rings (SSSR count). The van der Waals surface area contributed by atoms with Gasteiger partial charge in [-0.25, -0.2) is 8.42 Å². The number of methoxy groups -OCH3 is 1. The largest absolute Gasteiger partial charge is 0.383 e. The SMILES string of the molecule is CN=C(NCCCS(=O)(=O)c1ccccc1)NC(C)COC. The highest BCUT2D eigenvalue weighted by atomic mass is 32.2. The van der Waals surface area contributed by atoms with Gasteiger partial charge in [-0.3, -0.25) is 4.99 Å². The van der Waals surface area contributed by atoms with E-state index in [0.717, 1.165) is 0 Å². The molecule has 2 N–H and O–H groups in total. The fourth-order valence-electron chi connectivity index (χ4n) is 1.93. The molecule has 1 atom stereocenters. The van der Waals surface area contributed by atoms with Gasteiger partial charge in [0.15, 0.2) is 15.8 Å². The van der Waals surface area contributed by atoms with Crippen molar-refractivity contribution in [1.29, 1.82) is 0 Å². The zero-order valence-corrected chi connectivity index (χ0v) is 14.2. The highest BCUT2D eigenvalue weighted by molar-refractivity contribution is 7.91. The molecule has 1 unspecified atom stereocenters. The molecular formula is C15H25N3O3S. The average Bonchev–Trinajstić information content (AvgIpc) is 2.51. The molecule has 22 heavy (non-hydrogen) atoms. The fraction of sp³-hybridized carbons (Fsp3) is 0.533. The van der Waals surface area contributed by atoms with Crippen LogP contribution in [0.3, 0.4) is 0 Å². The molecule has 0 bridgehead atoms. The fourth-order valence-corrected chi connectivity index (χ4v) is 3.27. The first-order valence-corrected chi connectivity index (χ1v) is 8.88. The van der Waals surface area contributed by atoms with Gasteiger partial charge in [-0.2, -0.15) is 0 Å². The highest BCUT2D eigenvalue weighted by Crippen LogP contribution is 2.10. The Kier molecular flexibility index (Phi) is 7.90. The molecular weight excluding hydrogens is 302 g/mol. The number of guanidine groups is 1. The van der Waals surface area contributed by atoms with Crippen LogP contribution in [0.1, 0.15) is 13.3 Å². The molecule has 0 radical (unpaired) electrons. The molecule has 124 valence electrons. The van der Waals surface area contributed by atoms with Crippen LogP contribution in [0.15, 0.2) is 40.2 Å². The van der Waals surface area contributed by atoms with E-state index in [1.54, 1.807) is 44.5 Å². The number of nitrogens with one attached hydrogen (secondary N) is 2. The third-order valence-corrected chi connectivity index (χ3v) is 4.82. The summed E-state index contributed by atoms with van der Waals surface area (Å²) in [7, 11) is 0.101. The van der Waals surface area contributed by atoms with Gasteiger partial charge in [0.1, 0.15) is 0 Å². The number of aliphatic imine (C=N–C) groups is 1. The van der Waals surface area contributed by atoms with Crippen molar-refractivity contribution < 1.29 is 13.2 Å². The van der Waals surface area contributed by atoms with Crippen LogP contribution >= 0.6 is 0 Å². The molecule has 0 saturated heterocycles. The molecule has 0 aliphatic rings. The Morgan fingerprint density at radius 1 is 1.32 bits per heavy atom. The Labute approximate surface area is 132 Å². The second-order valence-corrected chi connectivity index (χ2v) is 7.09. The maximum Gasteiger partial charge on any atom is 0.191 e. The standard InChI is InChI=1S/C15H25N3O3S/c1-13(12-21-3)18-15(16-2)17-10-7-11-22(19,20)14-8-5-4-6-9-14/h4-6,8-9,13H,7,10-12H2,1-3H3,(H2,16,17,18). The summed E-state index contributed by atoms with van der Waals surface area (Å²) < 4.78 is 29.3. The number of ether oxygens (including phenoxy) is 1. The topological polar surface area (TPSA) is 79.8 Å². The van der Waals surface area contributed by atoms with E-state index in [4.69, 9.17) is 4.74 Å². The number of rotatable bonds is 8. The predicted octanol–water partition coefficient (Wildman–Crippen LogP) is 1.05. The normalized spacial score (nSPS) is 13.7. The molecule has 1 aromatic carbocycles. The monoisotopic (exact) mass is 327 g/mol. The van der Waals surface area contributed by atoms with E-state index in [9.17, 15) is 8.42 Å². The van der Waals surface area contributed by atoms with E-state index < -0.39 is 9.84 Å². The van der Waals surface area contributed by atoms with E-state index in [2.05, 4.69) is 15.6 Å². The number of hydrogen-bond acceptors (Lipinski definition) is 4. The summed E-state index contributed by atoms with van der Waals surface area (Å²) in [6.45, 7) is 3.09. The Bertz CT molecular complexity index is 559. The van der Waals surface area contributed by atoms with Gasteiger partial charge in [0, 0.05) is 26.7 Å². The van der Waals surface area contributed by atoms with E-state index in [1.165, 1.54) is 0 Å². The van der Waals surface area contributed by atoms with E-state index in [1.807, 2.05) is 6.92 Å². The summed E-state index contributed by atoms with van der Waals surface area (Å²) in [5.41, 5.74) is 0. The number of hydrogen-bond donors (Lipinski definition) is 2. The van der Waals surface area contributed by atoms with Crippen LogP contribution in [0, 0.1) is 0 Å². The molecule has 6 nitrogen and oxygen atoms in total. The van der Waals surface area contributed by atoms with Gasteiger partial charge in [0.2, 0.25) is 0 Å². The van der Waals surface area contributed by atoms with Crippen LogP contribution in [0.5, 0.6) is 0 Å². The summed E-state index contributed by atoms with van der Waals surface area (Å²) in [5.74, 6) is 0.746. The van der Waals surface area contributed by atoms with Crippen molar-refractivity contribution in [2.24, 2.45) is 4.99 Å². The van der Waals surface area contributed by atoms with Crippen molar-refractivity contribution in [1.82, 2.24) is 10.6 Å². The van der Waals surface area contributed by atoms with Crippen LogP contribution < -0.4 is 10.6 Å². The molecule has 0 aliphatic heterocycles. The Hall–Kier alpha value is -1.60. The van der Waals surface area contributed by atoms with Crippen molar-refractivity contribution in [3.05, 3.63) is 30.3 Å². The van der Waals surface area contributed by atoms with Crippen molar-refractivity contribution in [2.75, 3.05) is 33.1 Å². The average molecular weight is 327 g/mol. The van der Waals surface area contributed by atoms with Crippen molar-refractivity contribution in [3.63, 3.8) is 0 Å². The lowest BCUT2D eigenvalue weighted by atomic mass is 10.4. The highest BCUT2D eigenvalue weighted by Gasteiger charge is 2.13. The van der Waals surface area contributed by atoms with Gasteiger partial charge in [-0.1, -0.05) is 18.2 Å². The second-order valence-electron chi connectivity index (χ2n) is 4.99. The van der Waals surface area contributed by atoms with Crippen LogP contribution in [0.2, 0.25) is 0 Å². The molecule has 0 fully saturated rings. The molecule has 0 aliphatic carbocycles. The summed E-state index contributed by atoms with van der Waals surface area (Å²) in [5, 5.41) is 6.26. The third-order valence-electron chi connectivity index (χ3n) is 3.01. The van der Waals surface area contributed by atoms with Crippen LogP contribution in [0.25, 0.3) is 0 Å². The van der Waals surface area contributed by atoms with Crippen LogP contribution in [0.4, 0.5) is 0 Å². The first kappa shape index (κ1) is 18.4. The van der Waals surface area contributed by atoms with Crippen molar-refractivity contribution in [3.8, 4) is 0 Å². The lowest BCUT2D eigenvalue weighted by Gasteiger charge is -2.17. The zero-order valence-electron chi connectivity index (χ0n) is 13.4. The van der Waals surface area contributed by atoms with E-state index >= 15 is 0 Å². The van der Waals surface area contributed by atoms with Crippen LogP contribution in [-0.4, -0.2) is 53.5 Å². The summed E-state index contributed by atoms with van der Waals surface area (Å²) in [4.78, 5) is 4.46. The quantitative estimate of drug-likeness (QED) is 0.424. The Morgan fingerprint density at radius 3 is 2.59 bits per heavy atom. The summed E-state index contributed by atoms with van der Waals surface area (Å²) in [6, 6.07) is 8.63. The lowest BCUT2D eigenvalue weighted by Crippen LogP contribution is -2.44. The van der Waals surface area contributed by atoms with Gasteiger partial charge < -0.3 is 15.4 Å². The molecule has 0 aromatic heterocycles. The number of nitrogens with zero attached hydrogens (tertiary/aromatic N) is 1. The maximum atomic E-state index is 12.1. The third kappa shape index (κ3) is 6.44. The van der Waals surface area contributed by atoms with E-state index in [-0.39, 0.29) is 11.8 Å². The van der Waals surface area contributed by atoms with Crippen molar-refractivity contribution in [2.45, 2.75) is 24.3 Å². The van der Waals surface area contributed by atoms with Gasteiger partial charge in [0.05, 0.1) is 17.3 Å². The van der Waals surface area contributed by atoms with Crippen LogP contribution in [-0.2, 0) is 14.6 Å². The minimum atomic E-state index is -3.22. The molecule has 0 amide bonds. The molecule has 7 heteroatoms. The maximum absolute atomic E-state index is 12.1. The second kappa shape index (κ2) is 9.42. The van der Waals surface area contributed by atoms with E-state index in [0.29, 0.717) is 30.4 Å². The smallest absolute Gasteiger partial charge is 0.191 e. The minimum Gasteiger partial charge on any atom is -0.383 e. The summed E-state index contributed by atoms with van der Waals surface area (Å²) >= 11 is 0. The molecule has 0 spiro atoms. The molecule has 0 saturated carbocycles. The zero-order chi connectivity index (χ0) is 16.4. The predicted molar refractivity (Wildman–Crippen MR) is 88.9 cm³/mol. The van der Waals surface area contributed by atoms with Gasteiger partial charge >= 0.3 is 0 Å². The molecule has 0 heterocycles. The first-order valence-electron chi connectivity index (χ1n) is 7.23. The number of sulfone groups is 1. The van der Waals surface area contributed by atoms with Gasteiger partial charge in [0.25, 0.3) is 0 Å².